The Bertz CT molecular complexity index is 750. The van der Waals surface area contributed by atoms with Crippen LogP contribution in [-0.4, -0.2) is 48.1 Å². The Kier molecular flexibility index (Phi) is 6.35. The van der Waals surface area contributed by atoms with E-state index in [1.54, 1.807) is 0 Å². The summed E-state index contributed by atoms with van der Waals surface area (Å²) in [6.45, 7) is 10.3. The monoisotopic (exact) mass is 367 g/mol. The van der Waals surface area contributed by atoms with E-state index in [0.717, 1.165) is 44.2 Å². The number of anilines is 1. The molecule has 0 aliphatic carbocycles. The molecule has 0 aromatic heterocycles. The van der Waals surface area contributed by atoms with E-state index in [0.29, 0.717) is 0 Å². The fourth-order valence-electron chi connectivity index (χ4n) is 3.27. The molecule has 1 aliphatic rings. The number of hydrogen-bond donors (Lipinski definition) is 1. The van der Waals surface area contributed by atoms with Gasteiger partial charge in [-0.05, 0) is 50.6 Å². The number of piperazine rings is 1. The molecular formula is C22H29N3O2. The summed E-state index contributed by atoms with van der Waals surface area (Å²) in [5, 5.41) is 2.98. The minimum Gasteiger partial charge on any atom is -0.491 e. The third-order valence-corrected chi connectivity index (χ3v) is 4.63. The summed E-state index contributed by atoms with van der Waals surface area (Å²) in [5.41, 5.74) is 3.41. The van der Waals surface area contributed by atoms with Crippen LogP contribution in [-0.2, 0) is 6.54 Å². The lowest BCUT2D eigenvalue weighted by Gasteiger charge is -2.34. The quantitative estimate of drug-likeness (QED) is 0.864. The molecule has 0 bridgehead atoms. The molecule has 1 N–H and O–H groups in total. The van der Waals surface area contributed by atoms with Gasteiger partial charge in [-0.15, -0.1) is 0 Å². The van der Waals surface area contributed by atoms with Crippen LogP contribution in [0.1, 0.15) is 25.0 Å². The van der Waals surface area contributed by atoms with Gasteiger partial charge in [-0.1, -0.05) is 29.8 Å². The average Bonchev–Trinajstić information content (AvgIpc) is 2.63. The molecule has 27 heavy (non-hydrogen) atoms. The van der Waals surface area contributed by atoms with Gasteiger partial charge >= 0.3 is 6.03 Å². The number of hydrogen-bond acceptors (Lipinski definition) is 3. The van der Waals surface area contributed by atoms with Crippen LogP contribution in [0.3, 0.4) is 0 Å². The SMILES string of the molecule is Cc1cccc(CN2CCN(C(=O)Nc3ccc(OC(C)C)cc3)CC2)c1. The number of carbonyl (C=O) groups excluding carboxylic acids is 1. The Labute approximate surface area is 161 Å². The summed E-state index contributed by atoms with van der Waals surface area (Å²) in [7, 11) is 0. The first-order valence-corrected chi connectivity index (χ1v) is 9.60. The fraction of sp³-hybridized carbons (Fsp3) is 0.409. The smallest absolute Gasteiger partial charge is 0.321 e. The van der Waals surface area contributed by atoms with E-state index in [1.807, 2.05) is 43.0 Å². The first-order chi connectivity index (χ1) is 13.0. The van der Waals surface area contributed by atoms with Gasteiger partial charge in [0.1, 0.15) is 5.75 Å². The molecule has 0 spiro atoms. The molecule has 0 atom stereocenters. The zero-order valence-electron chi connectivity index (χ0n) is 16.4. The molecule has 1 fully saturated rings. The molecule has 5 nitrogen and oxygen atoms in total. The van der Waals surface area contributed by atoms with Crippen LogP contribution in [0.4, 0.5) is 10.5 Å². The number of aryl methyl sites for hydroxylation is 1. The Morgan fingerprint density at radius 3 is 2.41 bits per heavy atom. The molecule has 1 saturated heterocycles. The summed E-state index contributed by atoms with van der Waals surface area (Å²) < 4.78 is 5.63. The zero-order chi connectivity index (χ0) is 19.2. The molecule has 2 aromatic carbocycles. The summed E-state index contributed by atoms with van der Waals surface area (Å²) in [4.78, 5) is 16.8. The maximum atomic E-state index is 12.5. The second-order valence-corrected chi connectivity index (χ2v) is 7.37. The molecule has 0 unspecified atom stereocenters. The van der Waals surface area contributed by atoms with Crippen molar-refractivity contribution in [1.29, 1.82) is 0 Å². The van der Waals surface area contributed by atoms with Gasteiger partial charge in [0.05, 0.1) is 6.10 Å². The maximum Gasteiger partial charge on any atom is 0.321 e. The highest BCUT2D eigenvalue weighted by Gasteiger charge is 2.21. The third-order valence-electron chi connectivity index (χ3n) is 4.63. The van der Waals surface area contributed by atoms with Gasteiger partial charge in [-0.2, -0.15) is 0 Å². The van der Waals surface area contributed by atoms with Crippen LogP contribution in [0.2, 0.25) is 0 Å². The Balaban J connectivity index is 1.47. The van der Waals surface area contributed by atoms with Gasteiger partial charge in [0, 0.05) is 38.4 Å². The van der Waals surface area contributed by atoms with Crippen LogP contribution in [0.25, 0.3) is 0 Å². The number of nitrogens with one attached hydrogen (secondary N) is 1. The number of carbonyl (C=O) groups is 1. The summed E-state index contributed by atoms with van der Waals surface area (Å²) >= 11 is 0. The van der Waals surface area contributed by atoms with E-state index in [9.17, 15) is 4.79 Å². The van der Waals surface area contributed by atoms with E-state index < -0.39 is 0 Å². The Morgan fingerprint density at radius 2 is 1.78 bits per heavy atom. The van der Waals surface area contributed by atoms with Gasteiger partial charge in [0.2, 0.25) is 0 Å². The van der Waals surface area contributed by atoms with Crippen molar-refractivity contribution in [3.63, 3.8) is 0 Å². The lowest BCUT2D eigenvalue weighted by atomic mass is 10.1. The molecule has 1 heterocycles. The summed E-state index contributed by atoms with van der Waals surface area (Å²) in [6, 6.07) is 16.1. The topological polar surface area (TPSA) is 44.8 Å². The van der Waals surface area contributed by atoms with Crippen molar-refractivity contribution in [1.82, 2.24) is 9.80 Å². The van der Waals surface area contributed by atoms with E-state index in [2.05, 4.69) is 41.4 Å². The molecule has 0 radical (unpaired) electrons. The average molecular weight is 367 g/mol. The molecule has 2 aromatic rings. The van der Waals surface area contributed by atoms with Crippen molar-refractivity contribution in [2.75, 3.05) is 31.5 Å². The van der Waals surface area contributed by atoms with Gasteiger partial charge in [-0.25, -0.2) is 4.79 Å². The van der Waals surface area contributed by atoms with Gasteiger partial charge in [-0.3, -0.25) is 4.90 Å². The zero-order valence-corrected chi connectivity index (χ0v) is 16.4. The highest BCUT2D eigenvalue weighted by atomic mass is 16.5. The van der Waals surface area contributed by atoms with Crippen molar-refractivity contribution in [3.05, 3.63) is 59.7 Å². The lowest BCUT2D eigenvalue weighted by Crippen LogP contribution is -2.49. The first kappa shape index (κ1) is 19.2. The molecular weight excluding hydrogens is 338 g/mol. The van der Waals surface area contributed by atoms with E-state index in [4.69, 9.17) is 4.74 Å². The van der Waals surface area contributed by atoms with Gasteiger partial charge in [0.15, 0.2) is 0 Å². The molecule has 2 amide bonds. The summed E-state index contributed by atoms with van der Waals surface area (Å²) in [6.07, 6.45) is 0.140. The van der Waals surface area contributed by atoms with Crippen molar-refractivity contribution in [2.24, 2.45) is 0 Å². The predicted octanol–water partition coefficient (Wildman–Crippen LogP) is 4.13. The maximum absolute atomic E-state index is 12.5. The second-order valence-electron chi connectivity index (χ2n) is 7.37. The molecule has 144 valence electrons. The number of nitrogens with zero attached hydrogens (tertiary/aromatic N) is 2. The van der Waals surface area contributed by atoms with Crippen LogP contribution in [0, 0.1) is 6.92 Å². The van der Waals surface area contributed by atoms with E-state index >= 15 is 0 Å². The predicted molar refractivity (Wildman–Crippen MR) is 109 cm³/mol. The van der Waals surface area contributed by atoms with Crippen LogP contribution >= 0.6 is 0 Å². The molecule has 1 aliphatic heterocycles. The number of amides is 2. The third kappa shape index (κ3) is 5.73. The number of rotatable bonds is 5. The summed E-state index contributed by atoms with van der Waals surface area (Å²) in [5.74, 6) is 0.813. The minimum absolute atomic E-state index is 0.0391. The Hall–Kier alpha value is -2.53. The molecule has 3 rings (SSSR count). The normalized spacial score (nSPS) is 15.0. The van der Waals surface area contributed by atoms with Crippen LogP contribution in [0.5, 0.6) is 5.75 Å². The lowest BCUT2D eigenvalue weighted by molar-refractivity contribution is 0.143. The number of benzene rings is 2. The van der Waals surface area contributed by atoms with Crippen molar-refractivity contribution in [3.8, 4) is 5.75 Å². The number of urea groups is 1. The van der Waals surface area contributed by atoms with Crippen molar-refractivity contribution < 1.29 is 9.53 Å². The minimum atomic E-state index is -0.0391. The van der Waals surface area contributed by atoms with Crippen LogP contribution < -0.4 is 10.1 Å². The highest BCUT2D eigenvalue weighted by molar-refractivity contribution is 5.89. The number of ether oxygens (including phenoxy) is 1. The standard InChI is InChI=1S/C22H29N3O2/c1-17(2)27-21-9-7-20(8-10-21)23-22(26)25-13-11-24(12-14-25)16-19-6-4-5-18(3)15-19/h4-10,15,17H,11-14,16H2,1-3H3,(H,23,26). The van der Waals surface area contributed by atoms with Gasteiger partial charge in [0.25, 0.3) is 0 Å². The highest BCUT2D eigenvalue weighted by Crippen LogP contribution is 2.18. The van der Waals surface area contributed by atoms with Crippen LogP contribution in [0.15, 0.2) is 48.5 Å². The second kappa shape index (κ2) is 8.91. The fourth-order valence-corrected chi connectivity index (χ4v) is 3.27. The van der Waals surface area contributed by atoms with E-state index in [1.165, 1.54) is 11.1 Å². The van der Waals surface area contributed by atoms with Gasteiger partial charge < -0.3 is 15.0 Å². The first-order valence-electron chi connectivity index (χ1n) is 9.60. The molecule has 0 saturated carbocycles. The van der Waals surface area contributed by atoms with Crippen molar-refractivity contribution in [2.45, 2.75) is 33.4 Å². The van der Waals surface area contributed by atoms with Crippen molar-refractivity contribution >= 4 is 11.7 Å². The Morgan fingerprint density at radius 1 is 1.07 bits per heavy atom. The molecule has 5 heteroatoms. The largest absolute Gasteiger partial charge is 0.491 e. The van der Waals surface area contributed by atoms with E-state index in [-0.39, 0.29) is 12.1 Å².